The van der Waals surface area contributed by atoms with Crippen molar-refractivity contribution in [2.75, 3.05) is 20.7 Å². The van der Waals surface area contributed by atoms with Crippen molar-refractivity contribution in [3.05, 3.63) is 54.1 Å². The molecule has 0 aliphatic carbocycles. The van der Waals surface area contributed by atoms with Crippen molar-refractivity contribution in [3.8, 4) is 11.1 Å². The van der Waals surface area contributed by atoms with Crippen molar-refractivity contribution >= 4 is 16.1 Å². The van der Waals surface area contributed by atoms with Gasteiger partial charge in [0, 0.05) is 26.3 Å². The van der Waals surface area contributed by atoms with Gasteiger partial charge in [-0.3, -0.25) is 0 Å². The Morgan fingerprint density at radius 3 is 2.28 bits per heavy atom. The highest BCUT2D eigenvalue weighted by Gasteiger charge is 2.23. The minimum Gasteiger partial charge on any atom is -0.377 e. The van der Waals surface area contributed by atoms with Gasteiger partial charge in [-0.1, -0.05) is 42.5 Å². The van der Waals surface area contributed by atoms with Gasteiger partial charge in [-0.15, -0.1) is 0 Å². The first-order valence-electron chi connectivity index (χ1n) is 7.86. The second kappa shape index (κ2) is 8.13. The van der Waals surface area contributed by atoms with E-state index in [1.165, 1.54) is 25.1 Å². The molecule has 0 bridgehead atoms. The summed E-state index contributed by atoms with van der Waals surface area (Å²) < 4.78 is 32.9. The zero-order valence-electron chi connectivity index (χ0n) is 14.5. The fourth-order valence-corrected chi connectivity index (χ4v) is 3.55. The van der Waals surface area contributed by atoms with Gasteiger partial charge in [0.2, 0.25) is 0 Å². The number of ether oxygens (including phenoxy) is 1. The highest BCUT2D eigenvalue weighted by molar-refractivity contribution is 7.90. The molecule has 0 spiro atoms. The smallest absolute Gasteiger partial charge is 0.330 e. The molecule has 0 aliphatic rings. The van der Waals surface area contributed by atoms with Gasteiger partial charge in [0.15, 0.2) is 0 Å². The highest BCUT2D eigenvalue weighted by atomic mass is 32.2. The summed E-state index contributed by atoms with van der Waals surface area (Å²) >= 11 is 0. The van der Waals surface area contributed by atoms with Crippen LogP contribution in [0.4, 0.5) is 4.79 Å². The number of carbonyl (C=O) groups excluding carboxylic acids is 1. The Bertz CT molecular complexity index is 848. The van der Waals surface area contributed by atoms with Crippen LogP contribution in [-0.4, -0.2) is 40.1 Å². The van der Waals surface area contributed by atoms with Crippen molar-refractivity contribution in [2.24, 2.45) is 0 Å². The molecule has 2 aromatic carbocycles. The molecule has 0 fully saturated rings. The number of rotatable bonds is 6. The lowest BCUT2D eigenvalue weighted by Crippen LogP contribution is -2.38. The number of nitrogens with zero attached hydrogens (tertiary/aromatic N) is 1. The van der Waals surface area contributed by atoms with Crippen molar-refractivity contribution in [1.29, 1.82) is 0 Å². The predicted octanol–water partition coefficient (Wildman–Crippen LogP) is 2.85. The minimum atomic E-state index is -4.00. The van der Waals surface area contributed by atoms with Crippen molar-refractivity contribution in [1.82, 2.24) is 9.62 Å². The van der Waals surface area contributed by atoms with E-state index in [4.69, 9.17) is 4.74 Å². The molecule has 7 heteroatoms. The third-order valence-electron chi connectivity index (χ3n) is 3.57. The quantitative estimate of drug-likeness (QED) is 0.857. The number of amides is 2. The third-order valence-corrected chi connectivity index (χ3v) is 4.95. The van der Waals surface area contributed by atoms with Crippen molar-refractivity contribution in [3.63, 3.8) is 0 Å². The Morgan fingerprint density at radius 2 is 1.64 bits per heavy atom. The van der Waals surface area contributed by atoms with Crippen molar-refractivity contribution < 1.29 is 17.9 Å². The molecule has 0 saturated heterocycles. The Morgan fingerprint density at radius 1 is 1.04 bits per heavy atom. The summed E-state index contributed by atoms with van der Waals surface area (Å²) in [4.78, 5) is 13.0. The Kier molecular flexibility index (Phi) is 6.17. The molecule has 6 nitrogen and oxygen atoms in total. The molecular weight excluding hydrogens is 340 g/mol. The third kappa shape index (κ3) is 4.58. The van der Waals surface area contributed by atoms with E-state index < -0.39 is 16.1 Å². The van der Waals surface area contributed by atoms with Crippen LogP contribution < -0.4 is 4.72 Å². The van der Waals surface area contributed by atoms with Gasteiger partial charge in [0.1, 0.15) is 0 Å². The fourth-order valence-electron chi connectivity index (χ4n) is 2.31. The molecule has 0 heterocycles. The minimum absolute atomic E-state index is 0.0501. The zero-order valence-corrected chi connectivity index (χ0v) is 15.3. The lowest BCUT2D eigenvalue weighted by Gasteiger charge is -2.16. The molecule has 0 radical (unpaired) electrons. The second-order valence-electron chi connectivity index (χ2n) is 5.60. The Labute approximate surface area is 148 Å². The maximum atomic E-state index is 12.7. The van der Waals surface area contributed by atoms with E-state index in [9.17, 15) is 13.2 Å². The van der Waals surface area contributed by atoms with Crippen LogP contribution in [0.1, 0.15) is 12.5 Å². The number of nitrogens with one attached hydrogen (secondary N) is 1. The van der Waals surface area contributed by atoms with Gasteiger partial charge in [0.25, 0.3) is 10.0 Å². The van der Waals surface area contributed by atoms with Gasteiger partial charge < -0.3 is 9.64 Å². The Hall–Kier alpha value is -2.38. The lowest BCUT2D eigenvalue weighted by molar-refractivity contribution is 0.134. The van der Waals surface area contributed by atoms with E-state index in [0.29, 0.717) is 18.8 Å². The lowest BCUT2D eigenvalue weighted by atomic mass is 10.0. The molecule has 0 unspecified atom stereocenters. The topological polar surface area (TPSA) is 75.7 Å². The van der Waals surface area contributed by atoms with Crippen LogP contribution in [0.5, 0.6) is 0 Å². The zero-order chi connectivity index (χ0) is 18.4. The first kappa shape index (κ1) is 19.0. The summed E-state index contributed by atoms with van der Waals surface area (Å²) in [7, 11) is -1.04. The normalized spacial score (nSPS) is 11.2. The molecule has 2 amide bonds. The van der Waals surface area contributed by atoms with Gasteiger partial charge in [-0.05, 0) is 24.1 Å². The van der Waals surface area contributed by atoms with Crippen LogP contribution in [0.3, 0.4) is 0 Å². The first-order chi connectivity index (χ1) is 11.9. The largest absolute Gasteiger partial charge is 0.377 e. The average Bonchev–Trinajstić information content (AvgIpc) is 2.59. The molecule has 1 N–H and O–H groups in total. The standard InChI is InChI=1S/C18H22N2O4S/c1-4-24-13-14-9-5-6-10-15(14)16-11-7-8-12-17(16)25(22,23)19-18(21)20(2)3/h5-12H,4,13H2,1-3H3,(H,19,21). The van der Waals surface area contributed by atoms with Gasteiger partial charge in [0.05, 0.1) is 11.5 Å². The molecular formula is C18H22N2O4S. The van der Waals surface area contributed by atoms with E-state index in [2.05, 4.69) is 4.72 Å². The van der Waals surface area contributed by atoms with Crippen LogP contribution >= 0.6 is 0 Å². The first-order valence-corrected chi connectivity index (χ1v) is 9.34. The van der Waals surface area contributed by atoms with Gasteiger partial charge >= 0.3 is 6.03 Å². The summed E-state index contributed by atoms with van der Waals surface area (Å²) in [5, 5.41) is 0. The van der Waals surface area contributed by atoms with Crippen LogP contribution in [0, 0.1) is 0 Å². The molecule has 0 atom stereocenters. The summed E-state index contributed by atoms with van der Waals surface area (Å²) in [6.45, 7) is 2.84. The summed E-state index contributed by atoms with van der Waals surface area (Å²) in [6.07, 6.45) is 0. The summed E-state index contributed by atoms with van der Waals surface area (Å²) in [5.74, 6) is 0. The number of hydrogen-bond acceptors (Lipinski definition) is 4. The van der Waals surface area contributed by atoms with Crippen LogP contribution in [-0.2, 0) is 21.4 Å². The predicted molar refractivity (Wildman–Crippen MR) is 96.6 cm³/mol. The van der Waals surface area contributed by atoms with E-state index in [1.807, 2.05) is 31.2 Å². The second-order valence-corrected chi connectivity index (χ2v) is 7.25. The maximum absolute atomic E-state index is 12.7. The molecule has 2 aromatic rings. The fraction of sp³-hybridized carbons (Fsp3) is 0.278. The van der Waals surface area contributed by atoms with E-state index in [0.717, 1.165) is 11.1 Å². The molecule has 25 heavy (non-hydrogen) atoms. The molecule has 134 valence electrons. The molecule has 2 rings (SSSR count). The van der Waals surface area contributed by atoms with Gasteiger partial charge in [-0.25, -0.2) is 17.9 Å². The monoisotopic (exact) mass is 362 g/mol. The maximum Gasteiger partial charge on any atom is 0.330 e. The van der Waals surface area contributed by atoms with E-state index in [-0.39, 0.29) is 4.90 Å². The number of urea groups is 1. The molecule has 0 saturated carbocycles. The molecule has 0 aliphatic heterocycles. The van der Waals surface area contributed by atoms with E-state index >= 15 is 0 Å². The average molecular weight is 362 g/mol. The number of carbonyl (C=O) groups is 1. The number of benzene rings is 2. The summed E-state index contributed by atoms with van der Waals surface area (Å²) in [5.41, 5.74) is 2.16. The molecule has 0 aromatic heterocycles. The van der Waals surface area contributed by atoms with Crippen LogP contribution in [0.2, 0.25) is 0 Å². The highest BCUT2D eigenvalue weighted by Crippen LogP contribution is 2.30. The van der Waals surface area contributed by atoms with Crippen molar-refractivity contribution in [2.45, 2.75) is 18.4 Å². The number of sulfonamides is 1. The number of hydrogen-bond donors (Lipinski definition) is 1. The SMILES string of the molecule is CCOCc1ccccc1-c1ccccc1S(=O)(=O)NC(=O)N(C)C. The van der Waals surface area contributed by atoms with Crippen LogP contribution in [0.15, 0.2) is 53.4 Å². The van der Waals surface area contributed by atoms with Crippen LogP contribution in [0.25, 0.3) is 11.1 Å². The Balaban J connectivity index is 2.51. The summed E-state index contributed by atoms with van der Waals surface area (Å²) in [6, 6.07) is 13.4. The van der Waals surface area contributed by atoms with E-state index in [1.54, 1.807) is 18.2 Å². The van der Waals surface area contributed by atoms with Gasteiger partial charge in [-0.2, -0.15) is 0 Å².